The number of aliphatic hydroxyl groups excluding tert-OH is 1. The third kappa shape index (κ3) is 4.95. The molecule has 1 heterocycles. The van der Waals surface area contributed by atoms with E-state index in [4.69, 9.17) is 21.1 Å². The van der Waals surface area contributed by atoms with E-state index in [1.807, 2.05) is 20.8 Å². The summed E-state index contributed by atoms with van der Waals surface area (Å²) in [7, 11) is 1.56. The summed E-state index contributed by atoms with van der Waals surface area (Å²) in [6.45, 7) is 6.44. The number of hydrogen-bond acceptors (Lipinski definition) is 5. The average molecular weight is 506 g/mol. The van der Waals surface area contributed by atoms with Gasteiger partial charge in [-0.1, -0.05) is 55.8 Å². The summed E-state index contributed by atoms with van der Waals surface area (Å²) < 4.78 is 11.1. The van der Waals surface area contributed by atoms with Gasteiger partial charge in [0.1, 0.15) is 17.3 Å². The van der Waals surface area contributed by atoms with Crippen LogP contribution in [0, 0.1) is 12.8 Å². The molecule has 1 aliphatic rings. The number of carbonyl (C=O) groups excluding carboxylic acids is 2. The summed E-state index contributed by atoms with van der Waals surface area (Å²) in [6, 6.07) is 18.2. The van der Waals surface area contributed by atoms with Crippen molar-refractivity contribution in [2.75, 3.05) is 18.6 Å². The number of ether oxygens (including phenoxy) is 2. The predicted molar refractivity (Wildman–Crippen MR) is 141 cm³/mol. The normalized spacial score (nSPS) is 17.1. The summed E-state index contributed by atoms with van der Waals surface area (Å²) in [5, 5.41) is 11.9. The molecule has 3 aromatic carbocycles. The minimum atomic E-state index is -0.866. The van der Waals surface area contributed by atoms with Crippen molar-refractivity contribution in [1.82, 2.24) is 0 Å². The number of aryl methyl sites for hydroxylation is 1. The van der Waals surface area contributed by atoms with E-state index < -0.39 is 17.7 Å². The second-order valence-electron chi connectivity index (χ2n) is 9.11. The lowest BCUT2D eigenvalue weighted by Crippen LogP contribution is -2.29. The first-order chi connectivity index (χ1) is 17.2. The molecule has 6 nitrogen and oxygen atoms in total. The number of halogens is 1. The summed E-state index contributed by atoms with van der Waals surface area (Å²) in [6.07, 6.45) is 0. The molecular formula is C29H28ClNO5. The number of Topliss-reactive ketones (excluding diaryl/α,β-unsaturated/α-hetero) is 1. The van der Waals surface area contributed by atoms with Gasteiger partial charge in [0, 0.05) is 16.3 Å². The summed E-state index contributed by atoms with van der Waals surface area (Å²) in [4.78, 5) is 28.1. The van der Waals surface area contributed by atoms with Gasteiger partial charge in [-0.2, -0.15) is 0 Å². The number of benzene rings is 3. The van der Waals surface area contributed by atoms with Crippen LogP contribution in [0.5, 0.6) is 11.5 Å². The topological polar surface area (TPSA) is 76.1 Å². The third-order valence-corrected chi connectivity index (χ3v) is 6.41. The van der Waals surface area contributed by atoms with Gasteiger partial charge in [-0.05, 0) is 60.4 Å². The highest BCUT2D eigenvalue weighted by Crippen LogP contribution is 2.43. The second-order valence-corrected chi connectivity index (χ2v) is 9.52. The standard InChI is InChI=1S/C29H28ClNO5/c1-17(2)16-36-23-7-5-6-20(14-23)27(32)25-26(19-9-12-22(35-4)13-10-19)31(29(34)28(25)33)21-11-8-18(3)24(30)15-21/h5-15,17,26,32H,16H2,1-4H3/b27-25+. The number of nitrogens with zero attached hydrogens (tertiary/aromatic N) is 1. The van der Waals surface area contributed by atoms with Crippen LogP contribution >= 0.6 is 11.6 Å². The molecule has 1 atom stereocenters. The molecule has 0 spiro atoms. The number of aliphatic hydroxyl groups is 1. The van der Waals surface area contributed by atoms with Crippen molar-refractivity contribution < 1.29 is 24.2 Å². The largest absolute Gasteiger partial charge is 0.507 e. The number of carbonyl (C=O) groups is 2. The van der Waals surface area contributed by atoms with Crippen LogP contribution in [0.25, 0.3) is 5.76 Å². The van der Waals surface area contributed by atoms with E-state index in [-0.39, 0.29) is 11.3 Å². The second kappa shape index (κ2) is 10.5. The third-order valence-electron chi connectivity index (χ3n) is 6.00. The highest BCUT2D eigenvalue weighted by molar-refractivity contribution is 6.51. The lowest BCUT2D eigenvalue weighted by atomic mass is 9.95. The molecule has 1 aliphatic heterocycles. The number of amides is 1. The van der Waals surface area contributed by atoms with Crippen molar-refractivity contribution in [2.45, 2.75) is 26.8 Å². The molecule has 36 heavy (non-hydrogen) atoms. The molecule has 3 aromatic rings. The molecule has 1 N–H and O–H groups in total. The van der Waals surface area contributed by atoms with E-state index in [1.54, 1.807) is 73.8 Å². The van der Waals surface area contributed by atoms with Crippen LogP contribution in [0.2, 0.25) is 5.02 Å². The van der Waals surface area contributed by atoms with E-state index in [9.17, 15) is 14.7 Å². The smallest absolute Gasteiger partial charge is 0.300 e. The fourth-order valence-corrected chi connectivity index (χ4v) is 4.26. The van der Waals surface area contributed by atoms with Gasteiger partial charge in [0.25, 0.3) is 11.7 Å². The Bertz CT molecular complexity index is 1330. The van der Waals surface area contributed by atoms with E-state index >= 15 is 0 Å². The molecule has 186 valence electrons. The molecule has 0 saturated carbocycles. The van der Waals surface area contributed by atoms with Gasteiger partial charge in [-0.15, -0.1) is 0 Å². The van der Waals surface area contributed by atoms with Crippen LogP contribution in [0.15, 0.2) is 72.3 Å². The van der Waals surface area contributed by atoms with Gasteiger partial charge in [0.15, 0.2) is 0 Å². The molecule has 7 heteroatoms. The fourth-order valence-electron chi connectivity index (χ4n) is 4.08. The minimum Gasteiger partial charge on any atom is -0.507 e. The van der Waals surface area contributed by atoms with Crippen LogP contribution in [0.3, 0.4) is 0 Å². The zero-order valence-electron chi connectivity index (χ0n) is 20.6. The van der Waals surface area contributed by atoms with Crippen molar-refractivity contribution in [3.63, 3.8) is 0 Å². The maximum absolute atomic E-state index is 13.4. The van der Waals surface area contributed by atoms with Crippen LogP contribution in [-0.4, -0.2) is 30.5 Å². The zero-order chi connectivity index (χ0) is 26.0. The number of anilines is 1. The number of hydrogen-bond donors (Lipinski definition) is 1. The first-order valence-corrected chi connectivity index (χ1v) is 12.0. The van der Waals surface area contributed by atoms with Crippen LogP contribution in [-0.2, 0) is 9.59 Å². The quantitative estimate of drug-likeness (QED) is 0.231. The molecule has 1 saturated heterocycles. The van der Waals surface area contributed by atoms with E-state index in [0.717, 1.165) is 5.56 Å². The maximum Gasteiger partial charge on any atom is 0.300 e. The maximum atomic E-state index is 13.4. The Balaban J connectivity index is 1.87. The Morgan fingerprint density at radius 1 is 1.03 bits per heavy atom. The number of rotatable bonds is 7. The van der Waals surface area contributed by atoms with Crippen LogP contribution in [0.4, 0.5) is 5.69 Å². The van der Waals surface area contributed by atoms with Gasteiger partial charge in [0.2, 0.25) is 0 Å². The van der Waals surface area contributed by atoms with E-state index in [0.29, 0.717) is 45.9 Å². The van der Waals surface area contributed by atoms with Crippen molar-refractivity contribution >= 4 is 34.7 Å². The van der Waals surface area contributed by atoms with Crippen molar-refractivity contribution in [3.8, 4) is 11.5 Å². The predicted octanol–water partition coefficient (Wildman–Crippen LogP) is 6.32. The Kier molecular flexibility index (Phi) is 7.36. The fraction of sp³-hybridized carbons (Fsp3) is 0.241. The van der Waals surface area contributed by atoms with Gasteiger partial charge in [-0.3, -0.25) is 14.5 Å². The van der Waals surface area contributed by atoms with Gasteiger partial charge in [0.05, 0.1) is 25.3 Å². The van der Waals surface area contributed by atoms with Crippen molar-refractivity contribution in [2.24, 2.45) is 5.92 Å². The lowest BCUT2D eigenvalue weighted by Gasteiger charge is -2.26. The Labute approximate surface area is 215 Å². The van der Waals surface area contributed by atoms with Crippen molar-refractivity contribution in [1.29, 1.82) is 0 Å². The molecule has 0 radical (unpaired) electrons. The molecule has 0 aromatic heterocycles. The van der Waals surface area contributed by atoms with Gasteiger partial charge < -0.3 is 14.6 Å². The monoisotopic (exact) mass is 505 g/mol. The lowest BCUT2D eigenvalue weighted by molar-refractivity contribution is -0.132. The van der Waals surface area contributed by atoms with Crippen LogP contribution < -0.4 is 14.4 Å². The minimum absolute atomic E-state index is 0.0112. The van der Waals surface area contributed by atoms with E-state index in [2.05, 4.69) is 0 Å². The van der Waals surface area contributed by atoms with E-state index in [1.165, 1.54) is 4.90 Å². The molecule has 4 rings (SSSR count). The summed E-state index contributed by atoms with van der Waals surface area (Å²) >= 11 is 6.36. The van der Waals surface area contributed by atoms with Crippen molar-refractivity contribution in [3.05, 3.63) is 94.0 Å². The zero-order valence-corrected chi connectivity index (χ0v) is 21.4. The Morgan fingerprint density at radius 3 is 2.39 bits per heavy atom. The highest BCUT2D eigenvalue weighted by Gasteiger charge is 2.47. The van der Waals surface area contributed by atoms with Crippen LogP contribution in [0.1, 0.15) is 36.6 Å². The molecule has 1 amide bonds. The SMILES string of the molecule is COc1ccc(C2/C(=C(\O)c3cccc(OCC(C)C)c3)C(=O)C(=O)N2c2ccc(C)c(Cl)c2)cc1. The summed E-state index contributed by atoms with van der Waals surface area (Å²) in [5.74, 6) is -0.283. The molecule has 1 unspecified atom stereocenters. The first-order valence-electron chi connectivity index (χ1n) is 11.7. The van der Waals surface area contributed by atoms with Gasteiger partial charge >= 0.3 is 0 Å². The molecular weight excluding hydrogens is 478 g/mol. The van der Waals surface area contributed by atoms with Gasteiger partial charge in [-0.25, -0.2) is 0 Å². The first kappa shape index (κ1) is 25.3. The molecule has 1 fully saturated rings. The molecule has 0 bridgehead atoms. The number of ketones is 1. The Hall–Kier alpha value is -3.77. The highest BCUT2D eigenvalue weighted by atomic mass is 35.5. The Morgan fingerprint density at radius 2 is 1.75 bits per heavy atom. The average Bonchev–Trinajstić information content (AvgIpc) is 3.14. The molecule has 0 aliphatic carbocycles. The summed E-state index contributed by atoms with van der Waals surface area (Å²) in [5.41, 5.74) is 2.32. The number of methoxy groups -OCH3 is 1.